The molecular weight excluding hydrogens is 266 g/mol. The lowest BCUT2D eigenvalue weighted by atomic mass is 10.0. The quantitative estimate of drug-likeness (QED) is 0.909. The van der Waals surface area contributed by atoms with Gasteiger partial charge in [-0.1, -0.05) is 12.1 Å². The number of hydrogen-bond donors (Lipinski definition) is 1. The van der Waals surface area contributed by atoms with Crippen LogP contribution in [0.25, 0.3) is 0 Å². The molecule has 0 bridgehead atoms. The summed E-state index contributed by atoms with van der Waals surface area (Å²) >= 11 is 0. The Kier molecular flexibility index (Phi) is 4.22. The van der Waals surface area contributed by atoms with Crippen LogP contribution in [-0.2, 0) is 6.54 Å². The summed E-state index contributed by atoms with van der Waals surface area (Å²) in [5.41, 5.74) is 1.20. The van der Waals surface area contributed by atoms with E-state index >= 15 is 0 Å². The molecule has 0 saturated carbocycles. The van der Waals surface area contributed by atoms with E-state index in [1.807, 2.05) is 29.1 Å². The Morgan fingerprint density at radius 2 is 2.24 bits per heavy atom. The van der Waals surface area contributed by atoms with Gasteiger partial charge in [-0.3, -0.25) is 9.58 Å². The van der Waals surface area contributed by atoms with E-state index in [0.717, 1.165) is 25.3 Å². The number of aliphatic hydroxyl groups is 1. The van der Waals surface area contributed by atoms with Crippen molar-refractivity contribution in [3.05, 3.63) is 48.3 Å². The lowest BCUT2D eigenvalue weighted by molar-refractivity contribution is 0.172. The summed E-state index contributed by atoms with van der Waals surface area (Å²) in [5.74, 6) is 0.862. The smallest absolute Gasteiger partial charge is 0.119 e. The van der Waals surface area contributed by atoms with Crippen molar-refractivity contribution in [1.29, 1.82) is 0 Å². The van der Waals surface area contributed by atoms with Gasteiger partial charge in [-0.15, -0.1) is 0 Å². The van der Waals surface area contributed by atoms with Gasteiger partial charge in [0.05, 0.1) is 19.8 Å². The molecule has 0 unspecified atom stereocenters. The Morgan fingerprint density at radius 1 is 1.33 bits per heavy atom. The molecule has 0 aliphatic carbocycles. The number of aromatic nitrogens is 2. The molecule has 0 radical (unpaired) electrons. The maximum atomic E-state index is 10.0. The second-order valence-electron chi connectivity index (χ2n) is 5.45. The summed E-state index contributed by atoms with van der Waals surface area (Å²) < 4.78 is 7.22. The van der Waals surface area contributed by atoms with Gasteiger partial charge in [0.25, 0.3) is 0 Å². The van der Waals surface area contributed by atoms with Crippen LogP contribution in [0, 0.1) is 0 Å². The molecule has 1 fully saturated rings. The lowest BCUT2D eigenvalue weighted by Gasteiger charge is -2.24. The van der Waals surface area contributed by atoms with Crippen molar-refractivity contribution in [1.82, 2.24) is 14.7 Å². The third kappa shape index (κ3) is 3.25. The first-order valence-electron chi connectivity index (χ1n) is 7.30. The molecule has 2 heterocycles. The fraction of sp³-hybridized carbons (Fsp3) is 0.438. The first-order chi connectivity index (χ1) is 10.3. The molecule has 1 N–H and O–H groups in total. The van der Waals surface area contributed by atoms with Gasteiger partial charge in [-0.25, -0.2) is 0 Å². The van der Waals surface area contributed by atoms with Crippen molar-refractivity contribution in [3.8, 4) is 5.75 Å². The second-order valence-corrected chi connectivity index (χ2v) is 5.45. The van der Waals surface area contributed by atoms with E-state index in [2.05, 4.69) is 22.1 Å². The molecular formula is C16H21N3O2. The van der Waals surface area contributed by atoms with Crippen LogP contribution in [0.1, 0.15) is 18.0 Å². The fourth-order valence-electron chi connectivity index (χ4n) is 2.99. The van der Waals surface area contributed by atoms with Gasteiger partial charge in [0.1, 0.15) is 5.75 Å². The predicted molar refractivity (Wildman–Crippen MR) is 80.2 cm³/mol. The highest BCUT2D eigenvalue weighted by atomic mass is 16.5. The molecule has 1 saturated heterocycles. The van der Waals surface area contributed by atoms with Gasteiger partial charge in [0, 0.05) is 31.5 Å². The predicted octanol–water partition coefficient (Wildman–Crippen LogP) is 1.70. The number of benzene rings is 1. The molecule has 3 rings (SSSR count). The van der Waals surface area contributed by atoms with Gasteiger partial charge in [-0.05, 0) is 30.2 Å². The highest BCUT2D eigenvalue weighted by molar-refractivity contribution is 5.31. The van der Waals surface area contributed by atoms with E-state index in [1.165, 1.54) is 5.56 Å². The number of hydrogen-bond acceptors (Lipinski definition) is 4. The Morgan fingerprint density at radius 3 is 3.00 bits per heavy atom. The van der Waals surface area contributed by atoms with Crippen LogP contribution in [0.4, 0.5) is 0 Å². The molecule has 1 aromatic heterocycles. The Balaban J connectivity index is 1.72. The molecule has 112 valence electrons. The number of rotatable bonds is 5. The summed E-state index contributed by atoms with van der Waals surface area (Å²) in [4.78, 5) is 2.32. The number of likely N-dealkylation sites (tertiary alicyclic amines) is 1. The van der Waals surface area contributed by atoms with Crippen LogP contribution in [-0.4, -0.2) is 46.1 Å². The van der Waals surface area contributed by atoms with Crippen molar-refractivity contribution in [2.75, 3.05) is 20.2 Å². The maximum absolute atomic E-state index is 10.0. The molecule has 5 heteroatoms. The number of ether oxygens (including phenoxy) is 1. The van der Waals surface area contributed by atoms with E-state index in [1.54, 1.807) is 13.3 Å². The number of β-amino-alcohol motifs (C(OH)–C–C–N with tert-alkyl or cyclic N) is 1. The van der Waals surface area contributed by atoms with Gasteiger partial charge < -0.3 is 9.84 Å². The Hall–Kier alpha value is -1.85. The van der Waals surface area contributed by atoms with Crippen molar-refractivity contribution in [2.24, 2.45) is 0 Å². The van der Waals surface area contributed by atoms with Gasteiger partial charge in [-0.2, -0.15) is 5.10 Å². The van der Waals surface area contributed by atoms with Crippen molar-refractivity contribution < 1.29 is 9.84 Å². The number of nitrogens with zero attached hydrogens (tertiary/aromatic N) is 3. The zero-order valence-corrected chi connectivity index (χ0v) is 12.2. The first-order valence-corrected chi connectivity index (χ1v) is 7.30. The molecule has 2 aromatic rings. The normalized spacial score (nSPS) is 22.6. The van der Waals surface area contributed by atoms with Crippen LogP contribution in [0.15, 0.2) is 42.7 Å². The van der Waals surface area contributed by atoms with E-state index < -0.39 is 0 Å². The topological polar surface area (TPSA) is 50.5 Å². The molecule has 0 amide bonds. The Bertz CT molecular complexity index is 571. The average Bonchev–Trinajstić information content (AvgIpc) is 3.14. The van der Waals surface area contributed by atoms with E-state index in [0.29, 0.717) is 6.54 Å². The minimum atomic E-state index is -0.265. The lowest BCUT2D eigenvalue weighted by Crippen LogP contribution is -2.28. The van der Waals surface area contributed by atoms with Crippen LogP contribution < -0.4 is 4.74 Å². The maximum Gasteiger partial charge on any atom is 0.119 e. The SMILES string of the molecule is COc1cccc([C@@H]2C[C@H](O)CN2CCn2cccn2)c1. The van der Waals surface area contributed by atoms with Crippen molar-refractivity contribution in [3.63, 3.8) is 0 Å². The van der Waals surface area contributed by atoms with Crippen LogP contribution in [0.2, 0.25) is 0 Å². The van der Waals surface area contributed by atoms with Crippen LogP contribution in [0.3, 0.4) is 0 Å². The summed E-state index contributed by atoms with van der Waals surface area (Å²) in [6, 6.07) is 10.3. The van der Waals surface area contributed by atoms with Gasteiger partial charge >= 0.3 is 0 Å². The summed E-state index contributed by atoms with van der Waals surface area (Å²) in [7, 11) is 1.68. The second kappa shape index (κ2) is 6.28. The molecule has 2 atom stereocenters. The molecule has 1 aromatic carbocycles. The van der Waals surface area contributed by atoms with Crippen LogP contribution in [0.5, 0.6) is 5.75 Å². The molecule has 5 nitrogen and oxygen atoms in total. The number of methoxy groups -OCH3 is 1. The van der Waals surface area contributed by atoms with Gasteiger partial charge in [0.2, 0.25) is 0 Å². The Labute approximate surface area is 124 Å². The van der Waals surface area contributed by atoms with E-state index in [-0.39, 0.29) is 12.1 Å². The number of aliphatic hydroxyl groups excluding tert-OH is 1. The minimum absolute atomic E-state index is 0.241. The summed E-state index contributed by atoms with van der Waals surface area (Å²) in [5, 5.41) is 14.2. The van der Waals surface area contributed by atoms with Crippen LogP contribution >= 0.6 is 0 Å². The largest absolute Gasteiger partial charge is 0.497 e. The van der Waals surface area contributed by atoms with Crippen molar-refractivity contribution >= 4 is 0 Å². The fourth-order valence-corrected chi connectivity index (χ4v) is 2.99. The zero-order chi connectivity index (χ0) is 14.7. The monoisotopic (exact) mass is 287 g/mol. The molecule has 0 spiro atoms. The van der Waals surface area contributed by atoms with Crippen molar-refractivity contribution in [2.45, 2.75) is 25.1 Å². The van der Waals surface area contributed by atoms with Gasteiger partial charge in [0.15, 0.2) is 0 Å². The molecule has 1 aliphatic heterocycles. The molecule has 21 heavy (non-hydrogen) atoms. The summed E-state index contributed by atoms with van der Waals surface area (Å²) in [6.45, 7) is 2.42. The summed E-state index contributed by atoms with van der Waals surface area (Å²) in [6.07, 6.45) is 4.26. The zero-order valence-electron chi connectivity index (χ0n) is 12.2. The molecule has 1 aliphatic rings. The first kappa shape index (κ1) is 14.1. The highest BCUT2D eigenvalue weighted by Gasteiger charge is 2.31. The third-order valence-electron chi connectivity index (χ3n) is 4.04. The van der Waals surface area contributed by atoms with E-state index in [9.17, 15) is 5.11 Å². The third-order valence-corrected chi connectivity index (χ3v) is 4.04. The highest BCUT2D eigenvalue weighted by Crippen LogP contribution is 2.33. The average molecular weight is 287 g/mol. The minimum Gasteiger partial charge on any atom is -0.497 e. The van der Waals surface area contributed by atoms with E-state index in [4.69, 9.17) is 4.74 Å². The standard InChI is InChI=1S/C16H21N3O2/c1-21-15-5-2-4-13(10-15)16-11-14(20)12-18(16)8-9-19-7-3-6-17-19/h2-7,10,14,16,20H,8-9,11-12H2,1H3/t14-,16-/m0/s1.